The van der Waals surface area contributed by atoms with E-state index in [9.17, 15) is 14.9 Å². The van der Waals surface area contributed by atoms with Crippen molar-refractivity contribution in [2.24, 2.45) is 0 Å². The molecule has 1 aliphatic heterocycles. The van der Waals surface area contributed by atoms with Crippen molar-refractivity contribution in [1.29, 1.82) is 0 Å². The van der Waals surface area contributed by atoms with E-state index in [0.717, 1.165) is 19.4 Å². The van der Waals surface area contributed by atoms with Crippen LogP contribution in [0.5, 0.6) is 11.5 Å². The van der Waals surface area contributed by atoms with E-state index in [1.165, 1.54) is 19.2 Å². The molecule has 1 aromatic heterocycles. The van der Waals surface area contributed by atoms with Crippen LogP contribution in [0.25, 0.3) is 0 Å². The fourth-order valence-corrected chi connectivity index (χ4v) is 3.30. The minimum atomic E-state index is -0.595. The Labute approximate surface area is 168 Å². The molecule has 2 aromatic rings. The van der Waals surface area contributed by atoms with Gasteiger partial charge in [0.25, 0.3) is 11.6 Å². The molecule has 0 saturated carbocycles. The molecule has 10 heteroatoms. The number of hydrogen-bond donors (Lipinski definition) is 1. The number of carbonyl (C=O) groups is 1. The molecule has 10 nitrogen and oxygen atoms in total. The van der Waals surface area contributed by atoms with Gasteiger partial charge >= 0.3 is 0 Å². The van der Waals surface area contributed by atoms with Crippen molar-refractivity contribution in [1.82, 2.24) is 15.3 Å². The topological polar surface area (TPSA) is 120 Å². The van der Waals surface area contributed by atoms with Crippen molar-refractivity contribution < 1.29 is 19.2 Å². The van der Waals surface area contributed by atoms with Crippen molar-refractivity contribution >= 4 is 17.5 Å². The number of piperidine rings is 1. The molecule has 1 amide bonds. The number of nitro groups is 1. The number of aromatic nitrogens is 2. The first-order chi connectivity index (χ1) is 14.0. The molecule has 0 spiro atoms. The van der Waals surface area contributed by atoms with Crippen molar-refractivity contribution in [2.75, 3.05) is 31.7 Å². The van der Waals surface area contributed by atoms with Gasteiger partial charge in [-0.3, -0.25) is 14.9 Å². The van der Waals surface area contributed by atoms with Crippen LogP contribution in [0.2, 0.25) is 0 Å². The molecule has 154 valence electrons. The van der Waals surface area contributed by atoms with E-state index in [2.05, 4.69) is 15.3 Å². The Hall–Kier alpha value is -3.43. The summed E-state index contributed by atoms with van der Waals surface area (Å²) in [5.41, 5.74) is -0.394. The monoisotopic (exact) mass is 401 g/mol. The summed E-state index contributed by atoms with van der Waals surface area (Å²) < 4.78 is 10.6. The summed E-state index contributed by atoms with van der Waals surface area (Å²) in [7, 11) is 1.42. The van der Waals surface area contributed by atoms with E-state index in [1.807, 2.05) is 4.90 Å². The van der Waals surface area contributed by atoms with Crippen LogP contribution in [0.3, 0.4) is 0 Å². The van der Waals surface area contributed by atoms with Gasteiger partial charge in [-0.1, -0.05) is 0 Å². The Morgan fingerprint density at radius 3 is 2.76 bits per heavy atom. The number of anilines is 1. The number of amides is 1. The molecule has 0 radical (unpaired) electrons. The Morgan fingerprint density at radius 1 is 1.34 bits per heavy atom. The smallest absolute Gasteiger partial charge is 0.286 e. The Bertz CT molecular complexity index is 877. The highest BCUT2D eigenvalue weighted by molar-refractivity contribution is 5.99. The van der Waals surface area contributed by atoms with E-state index in [1.54, 1.807) is 25.4 Å². The van der Waals surface area contributed by atoms with E-state index in [-0.39, 0.29) is 28.8 Å². The van der Waals surface area contributed by atoms with E-state index >= 15 is 0 Å². The lowest BCUT2D eigenvalue weighted by Crippen LogP contribution is -2.48. The quantitative estimate of drug-likeness (QED) is 0.554. The highest BCUT2D eigenvalue weighted by Gasteiger charge is 2.28. The first-order valence-electron chi connectivity index (χ1n) is 9.35. The van der Waals surface area contributed by atoms with Crippen LogP contribution in [-0.4, -0.2) is 53.6 Å². The molecule has 3 rings (SSSR count). The fraction of sp³-hybridized carbons (Fsp3) is 0.421. The fourth-order valence-electron chi connectivity index (χ4n) is 3.30. The number of nitrogens with one attached hydrogen (secondary N) is 1. The molecular formula is C19H23N5O5. The highest BCUT2D eigenvalue weighted by atomic mass is 16.6. The second kappa shape index (κ2) is 9.18. The van der Waals surface area contributed by atoms with Gasteiger partial charge in [0.15, 0.2) is 11.5 Å². The Kier molecular flexibility index (Phi) is 6.43. The van der Waals surface area contributed by atoms with Gasteiger partial charge in [-0.25, -0.2) is 9.97 Å². The predicted octanol–water partition coefficient (Wildman–Crippen LogP) is 2.19. The molecular weight excluding hydrogens is 378 g/mol. The van der Waals surface area contributed by atoms with E-state index < -0.39 is 10.8 Å². The summed E-state index contributed by atoms with van der Waals surface area (Å²) >= 11 is 0. The maximum absolute atomic E-state index is 12.9. The summed E-state index contributed by atoms with van der Waals surface area (Å²) in [6.07, 6.45) is 4.94. The van der Waals surface area contributed by atoms with Crippen LogP contribution >= 0.6 is 0 Å². The molecule has 0 bridgehead atoms. The van der Waals surface area contributed by atoms with Gasteiger partial charge in [0, 0.05) is 37.6 Å². The maximum atomic E-state index is 12.9. The van der Waals surface area contributed by atoms with Crippen molar-refractivity contribution in [3.63, 3.8) is 0 Å². The number of ether oxygens (including phenoxy) is 2. The van der Waals surface area contributed by atoms with Gasteiger partial charge in [0.2, 0.25) is 5.95 Å². The molecule has 1 fully saturated rings. The number of nitro benzene ring substituents is 1. The third-order valence-corrected chi connectivity index (χ3v) is 4.61. The third-order valence-electron chi connectivity index (χ3n) is 4.61. The zero-order chi connectivity index (χ0) is 20.8. The lowest BCUT2D eigenvalue weighted by molar-refractivity contribution is -0.385. The summed E-state index contributed by atoms with van der Waals surface area (Å²) in [6, 6.07) is 4.13. The van der Waals surface area contributed by atoms with Gasteiger partial charge in [-0.05, 0) is 25.8 Å². The van der Waals surface area contributed by atoms with Crippen LogP contribution in [0.15, 0.2) is 30.6 Å². The third kappa shape index (κ3) is 4.71. The lowest BCUT2D eigenvalue weighted by atomic mass is 10.0. The van der Waals surface area contributed by atoms with Crippen LogP contribution in [0, 0.1) is 10.1 Å². The summed E-state index contributed by atoms with van der Waals surface area (Å²) in [6.45, 7) is 3.39. The van der Waals surface area contributed by atoms with Crippen molar-refractivity contribution in [2.45, 2.75) is 25.8 Å². The number of carbonyl (C=O) groups excluding carboxylic acids is 1. The molecule has 1 aliphatic rings. The highest BCUT2D eigenvalue weighted by Crippen LogP contribution is 2.35. The second-order valence-electron chi connectivity index (χ2n) is 6.52. The van der Waals surface area contributed by atoms with Gasteiger partial charge in [0.05, 0.1) is 24.7 Å². The Balaban J connectivity index is 1.80. The molecule has 1 aromatic carbocycles. The molecule has 0 aliphatic carbocycles. The number of benzene rings is 1. The predicted molar refractivity (Wildman–Crippen MR) is 106 cm³/mol. The molecule has 1 N–H and O–H groups in total. The molecule has 1 unspecified atom stereocenters. The van der Waals surface area contributed by atoms with Crippen LogP contribution in [0.4, 0.5) is 11.6 Å². The van der Waals surface area contributed by atoms with Crippen molar-refractivity contribution in [3.05, 3.63) is 46.3 Å². The van der Waals surface area contributed by atoms with Gasteiger partial charge in [0.1, 0.15) is 5.56 Å². The molecule has 1 saturated heterocycles. The summed E-state index contributed by atoms with van der Waals surface area (Å²) in [4.78, 5) is 34.3. The molecule has 1 atom stereocenters. The van der Waals surface area contributed by atoms with Gasteiger partial charge in [-0.15, -0.1) is 0 Å². The first kappa shape index (κ1) is 20.3. The second-order valence-corrected chi connectivity index (χ2v) is 6.52. The minimum absolute atomic E-state index is 0.0663. The Morgan fingerprint density at radius 2 is 2.10 bits per heavy atom. The molecule has 2 heterocycles. The lowest BCUT2D eigenvalue weighted by Gasteiger charge is -2.33. The number of hydrogen-bond acceptors (Lipinski definition) is 8. The normalized spacial score (nSPS) is 16.2. The summed E-state index contributed by atoms with van der Waals surface area (Å²) in [5.74, 6) is 0.563. The van der Waals surface area contributed by atoms with Crippen LogP contribution < -0.4 is 19.7 Å². The SMILES string of the molecule is CCOc1cc([N+](=O)[O-])c(C(=O)NC2CCCN(c3ncccn3)C2)cc1OC. The average Bonchev–Trinajstić information content (AvgIpc) is 2.74. The van der Waals surface area contributed by atoms with Crippen LogP contribution in [0.1, 0.15) is 30.1 Å². The summed E-state index contributed by atoms with van der Waals surface area (Å²) in [5, 5.41) is 14.4. The first-order valence-corrected chi connectivity index (χ1v) is 9.35. The number of rotatable bonds is 7. The average molecular weight is 401 g/mol. The number of methoxy groups -OCH3 is 1. The van der Waals surface area contributed by atoms with Gasteiger partial charge in [-0.2, -0.15) is 0 Å². The van der Waals surface area contributed by atoms with Crippen molar-refractivity contribution in [3.8, 4) is 11.5 Å². The maximum Gasteiger partial charge on any atom is 0.286 e. The standard InChI is InChI=1S/C19H23N5O5/c1-3-29-17-11-15(24(26)27)14(10-16(17)28-2)18(25)22-13-6-4-9-23(12-13)19-20-7-5-8-21-19/h5,7-8,10-11,13H,3-4,6,9,12H2,1-2H3,(H,22,25). The van der Waals surface area contributed by atoms with Gasteiger partial charge < -0.3 is 19.7 Å². The zero-order valence-electron chi connectivity index (χ0n) is 16.3. The minimum Gasteiger partial charge on any atom is -0.493 e. The molecule has 29 heavy (non-hydrogen) atoms. The van der Waals surface area contributed by atoms with E-state index in [0.29, 0.717) is 19.1 Å². The number of nitrogens with zero attached hydrogens (tertiary/aromatic N) is 4. The zero-order valence-corrected chi connectivity index (χ0v) is 16.3. The largest absolute Gasteiger partial charge is 0.493 e. The van der Waals surface area contributed by atoms with E-state index in [4.69, 9.17) is 9.47 Å². The van der Waals surface area contributed by atoms with Crippen LogP contribution in [-0.2, 0) is 0 Å².